The molecule has 0 fully saturated rings. The van der Waals surface area contributed by atoms with Gasteiger partial charge in [0.25, 0.3) is 0 Å². The molecule has 1 aliphatic heterocycles. The molecular formula is C28H31N3O6S. The van der Waals surface area contributed by atoms with Crippen LogP contribution in [0.15, 0.2) is 65.6 Å². The number of aldehydes is 1. The second-order valence-corrected chi connectivity index (χ2v) is 9.00. The summed E-state index contributed by atoms with van der Waals surface area (Å²) in [6.07, 6.45) is 0.0230. The molecule has 0 aromatic heterocycles. The first-order valence-corrected chi connectivity index (χ1v) is 12.6. The van der Waals surface area contributed by atoms with Crippen LogP contribution in [0.25, 0.3) is 0 Å². The lowest BCUT2D eigenvalue weighted by Gasteiger charge is -2.14. The number of carbonyl (C=O) groups is 1. The van der Waals surface area contributed by atoms with E-state index in [1.54, 1.807) is 81.6 Å². The number of nitrogens with one attached hydrogen (secondary N) is 2. The summed E-state index contributed by atoms with van der Waals surface area (Å²) in [4.78, 5) is 12.5. The maximum atomic E-state index is 11.3. The van der Waals surface area contributed by atoms with Gasteiger partial charge < -0.3 is 29.0 Å². The number of anilines is 1. The summed E-state index contributed by atoms with van der Waals surface area (Å²) >= 11 is 1.73. The molecular weight excluding hydrogens is 506 g/mol. The van der Waals surface area contributed by atoms with E-state index >= 15 is 0 Å². The third-order valence-electron chi connectivity index (χ3n) is 5.41. The Morgan fingerprint density at radius 1 is 1.00 bits per heavy atom. The van der Waals surface area contributed by atoms with Crippen molar-refractivity contribution in [1.82, 2.24) is 5.32 Å². The molecule has 10 heteroatoms. The number of ether oxygens (including phenoxy) is 5. The smallest absolute Gasteiger partial charge is 0.179 e. The first kappa shape index (κ1) is 28.7. The van der Waals surface area contributed by atoms with Crippen LogP contribution in [0, 0.1) is 11.3 Å². The second-order valence-electron chi connectivity index (χ2n) is 7.86. The molecule has 0 aliphatic carbocycles. The van der Waals surface area contributed by atoms with E-state index in [4.69, 9.17) is 28.9 Å². The van der Waals surface area contributed by atoms with Crippen molar-refractivity contribution in [2.24, 2.45) is 0 Å². The SMILES string of the molecule is CNC1Nc2cc(OC)c(OC)cc2S1.COCCOc1ccc(C(C=O)Oc2ccc(C#N)cc2)cc1. The van der Waals surface area contributed by atoms with Crippen molar-refractivity contribution in [3.8, 4) is 29.1 Å². The Kier molecular flexibility index (Phi) is 11.1. The van der Waals surface area contributed by atoms with Crippen molar-refractivity contribution >= 4 is 23.7 Å². The van der Waals surface area contributed by atoms with Crippen molar-refractivity contribution in [2.45, 2.75) is 16.5 Å². The highest BCUT2D eigenvalue weighted by Gasteiger charge is 2.22. The van der Waals surface area contributed by atoms with Crippen molar-refractivity contribution in [2.75, 3.05) is 46.9 Å². The molecule has 2 atom stereocenters. The first-order valence-electron chi connectivity index (χ1n) is 11.8. The zero-order chi connectivity index (χ0) is 27.3. The highest BCUT2D eigenvalue weighted by Crippen LogP contribution is 2.43. The summed E-state index contributed by atoms with van der Waals surface area (Å²) in [6.45, 7) is 0.981. The van der Waals surface area contributed by atoms with Crippen LogP contribution in [0.1, 0.15) is 17.2 Å². The number of carbonyl (C=O) groups excluding carboxylic acids is 1. The largest absolute Gasteiger partial charge is 0.493 e. The molecule has 0 radical (unpaired) electrons. The van der Waals surface area contributed by atoms with E-state index in [9.17, 15) is 4.79 Å². The maximum Gasteiger partial charge on any atom is 0.179 e. The Morgan fingerprint density at radius 3 is 2.24 bits per heavy atom. The Balaban J connectivity index is 0.000000230. The maximum absolute atomic E-state index is 11.3. The van der Waals surface area contributed by atoms with Gasteiger partial charge in [-0.2, -0.15) is 5.26 Å². The number of nitrogens with zero attached hydrogens (tertiary/aromatic N) is 1. The van der Waals surface area contributed by atoms with E-state index in [0.29, 0.717) is 30.3 Å². The molecule has 200 valence electrons. The second kappa shape index (κ2) is 14.7. The molecule has 3 aromatic carbocycles. The van der Waals surface area contributed by atoms with Crippen LogP contribution in [-0.2, 0) is 9.53 Å². The van der Waals surface area contributed by atoms with E-state index in [0.717, 1.165) is 29.0 Å². The summed E-state index contributed by atoms with van der Waals surface area (Å²) in [5, 5.41) is 15.3. The number of hydrogen-bond donors (Lipinski definition) is 2. The minimum Gasteiger partial charge on any atom is -0.493 e. The average Bonchev–Trinajstić information content (AvgIpc) is 3.38. The first-order chi connectivity index (χ1) is 18.5. The molecule has 0 spiro atoms. The highest BCUT2D eigenvalue weighted by molar-refractivity contribution is 8.00. The number of thioether (sulfide) groups is 1. The van der Waals surface area contributed by atoms with E-state index in [1.165, 1.54) is 4.90 Å². The molecule has 2 N–H and O–H groups in total. The van der Waals surface area contributed by atoms with Gasteiger partial charge >= 0.3 is 0 Å². The fourth-order valence-electron chi connectivity index (χ4n) is 3.43. The van der Waals surface area contributed by atoms with Gasteiger partial charge in [0.2, 0.25) is 0 Å². The standard InChI is InChI=1S/C18H17NO4.C10H14N2O2S/c1-21-10-11-22-16-8-4-15(5-9-16)18(13-20)23-17-6-2-14(12-19)3-7-17;1-11-10-12-6-4-7(13-2)8(14-3)5-9(6)15-10/h2-9,13,18H,10-11H2,1H3;4-5,10-12H,1-3H3. The van der Waals surface area contributed by atoms with Crippen LogP contribution in [0.3, 0.4) is 0 Å². The van der Waals surface area contributed by atoms with E-state index in [2.05, 4.69) is 10.6 Å². The normalized spacial score (nSPS) is 14.0. The van der Waals surface area contributed by atoms with Crippen molar-refractivity contribution in [3.63, 3.8) is 0 Å². The minimum absolute atomic E-state index is 0.219. The molecule has 1 heterocycles. The summed E-state index contributed by atoms with van der Waals surface area (Å²) in [6, 6.07) is 19.7. The summed E-state index contributed by atoms with van der Waals surface area (Å²) in [5.74, 6) is 2.75. The van der Waals surface area contributed by atoms with Crippen LogP contribution in [0.2, 0.25) is 0 Å². The number of rotatable bonds is 11. The van der Waals surface area contributed by atoms with Crippen LogP contribution in [-0.4, -0.2) is 53.4 Å². The molecule has 1 aliphatic rings. The molecule has 0 amide bonds. The lowest BCUT2D eigenvalue weighted by atomic mass is 10.1. The van der Waals surface area contributed by atoms with E-state index < -0.39 is 6.10 Å². The molecule has 4 rings (SSSR count). The number of hydrogen-bond acceptors (Lipinski definition) is 10. The minimum atomic E-state index is -0.712. The zero-order valence-electron chi connectivity index (χ0n) is 21.7. The average molecular weight is 538 g/mol. The Hall–Kier alpha value is -3.91. The lowest BCUT2D eigenvalue weighted by molar-refractivity contribution is -0.113. The van der Waals surface area contributed by atoms with E-state index in [-0.39, 0.29) is 5.50 Å². The van der Waals surface area contributed by atoms with Gasteiger partial charge in [0, 0.05) is 18.1 Å². The number of methoxy groups -OCH3 is 3. The third kappa shape index (κ3) is 7.79. The summed E-state index contributed by atoms with van der Waals surface area (Å²) in [7, 11) is 6.82. The molecule has 38 heavy (non-hydrogen) atoms. The van der Waals surface area contributed by atoms with Crippen molar-refractivity contribution < 1.29 is 28.5 Å². The van der Waals surface area contributed by atoms with Gasteiger partial charge in [-0.15, -0.1) is 0 Å². The monoisotopic (exact) mass is 537 g/mol. The van der Waals surface area contributed by atoms with Crippen molar-refractivity contribution in [1.29, 1.82) is 5.26 Å². The molecule has 0 saturated heterocycles. The third-order valence-corrected chi connectivity index (χ3v) is 6.60. The molecule has 0 saturated carbocycles. The fourth-order valence-corrected chi connectivity index (χ4v) is 4.40. The summed E-state index contributed by atoms with van der Waals surface area (Å²) < 4.78 is 26.5. The van der Waals surface area contributed by atoms with Gasteiger partial charge in [0.15, 0.2) is 23.9 Å². The predicted octanol–water partition coefficient (Wildman–Crippen LogP) is 4.63. The van der Waals surface area contributed by atoms with Crippen LogP contribution < -0.4 is 29.6 Å². The Morgan fingerprint density at radius 2 is 1.66 bits per heavy atom. The molecule has 3 aromatic rings. The Labute approximate surface area is 227 Å². The van der Waals surface area contributed by atoms with Gasteiger partial charge in [-0.05, 0) is 55.1 Å². The van der Waals surface area contributed by atoms with Crippen LogP contribution in [0.5, 0.6) is 23.0 Å². The number of benzene rings is 3. The zero-order valence-corrected chi connectivity index (χ0v) is 22.5. The van der Waals surface area contributed by atoms with Gasteiger partial charge in [-0.25, -0.2) is 0 Å². The van der Waals surface area contributed by atoms with Crippen molar-refractivity contribution in [3.05, 3.63) is 71.8 Å². The van der Waals surface area contributed by atoms with Gasteiger partial charge in [-0.3, -0.25) is 10.1 Å². The quantitative estimate of drug-likeness (QED) is 0.265. The number of nitriles is 1. The van der Waals surface area contributed by atoms with Crippen LogP contribution >= 0.6 is 11.8 Å². The van der Waals surface area contributed by atoms with E-state index in [1.807, 2.05) is 25.2 Å². The van der Waals surface area contributed by atoms with Gasteiger partial charge in [0.1, 0.15) is 23.6 Å². The molecule has 9 nitrogen and oxygen atoms in total. The fraction of sp³-hybridized carbons (Fsp3) is 0.286. The Bertz CT molecular complexity index is 1180. The highest BCUT2D eigenvalue weighted by atomic mass is 32.2. The van der Waals surface area contributed by atoms with Crippen LogP contribution in [0.4, 0.5) is 5.69 Å². The molecule has 2 unspecified atom stereocenters. The topological polar surface area (TPSA) is 111 Å². The lowest BCUT2D eigenvalue weighted by Crippen LogP contribution is -2.26. The summed E-state index contributed by atoms with van der Waals surface area (Å²) in [5.41, 5.74) is 2.56. The van der Waals surface area contributed by atoms with Gasteiger partial charge in [0.05, 0.1) is 38.1 Å². The molecule has 0 bridgehead atoms. The predicted molar refractivity (Wildman–Crippen MR) is 146 cm³/mol. The number of fused-ring (bicyclic) bond motifs is 1. The van der Waals surface area contributed by atoms with Gasteiger partial charge in [-0.1, -0.05) is 23.9 Å².